The van der Waals surface area contributed by atoms with Crippen LogP contribution in [0, 0.1) is 0 Å². The zero-order chi connectivity index (χ0) is 11.4. The van der Waals surface area contributed by atoms with Crippen molar-refractivity contribution in [2.24, 2.45) is 0 Å². The number of nitrogens with one attached hydrogen (secondary N) is 1. The van der Waals surface area contributed by atoms with Crippen molar-refractivity contribution in [3.8, 4) is 0 Å². The minimum atomic E-state index is 0.323. The molecule has 1 unspecified atom stereocenters. The molecule has 2 rings (SSSR count). The molecule has 1 aromatic rings. The zero-order valence-corrected chi connectivity index (χ0v) is 9.69. The third-order valence-corrected chi connectivity index (χ3v) is 2.64. The van der Waals surface area contributed by atoms with E-state index >= 15 is 0 Å². The third kappa shape index (κ3) is 2.48. The maximum atomic E-state index is 5.35. The Balaban J connectivity index is 2.24. The van der Waals surface area contributed by atoms with Gasteiger partial charge in [-0.15, -0.1) is 0 Å². The summed E-state index contributed by atoms with van der Waals surface area (Å²) in [6.45, 7) is 2.04. The fourth-order valence-corrected chi connectivity index (χ4v) is 1.79. The van der Waals surface area contributed by atoms with E-state index in [1.165, 1.54) is 0 Å². The van der Waals surface area contributed by atoms with Gasteiger partial charge in [0, 0.05) is 32.7 Å². The quantitative estimate of drug-likeness (QED) is 0.830. The van der Waals surface area contributed by atoms with Crippen molar-refractivity contribution in [2.75, 3.05) is 32.7 Å². The molecule has 0 aromatic carbocycles. The predicted molar refractivity (Wildman–Crippen MR) is 60.5 cm³/mol. The summed E-state index contributed by atoms with van der Waals surface area (Å²) in [4.78, 5) is 8.96. The van der Waals surface area contributed by atoms with Crippen molar-refractivity contribution >= 4 is 5.82 Å². The zero-order valence-electron chi connectivity index (χ0n) is 9.69. The maximum Gasteiger partial charge on any atom is 0.136 e. The second-order valence-corrected chi connectivity index (χ2v) is 3.85. The number of hydrogen-bond acceptors (Lipinski definition) is 5. The molecular formula is C11H17N3O2. The normalized spacial score (nSPS) is 20.0. The van der Waals surface area contributed by atoms with E-state index in [0.717, 1.165) is 37.0 Å². The van der Waals surface area contributed by atoms with Crippen molar-refractivity contribution in [1.82, 2.24) is 9.97 Å². The Labute approximate surface area is 95.2 Å². The number of ether oxygens (including phenoxy) is 2. The first-order chi connectivity index (χ1) is 7.83. The van der Waals surface area contributed by atoms with E-state index in [4.69, 9.17) is 9.47 Å². The summed E-state index contributed by atoms with van der Waals surface area (Å²) in [5.41, 5.74) is 0.906. The molecule has 88 valence electrons. The van der Waals surface area contributed by atoms with Gasteiger partial charge in [-0.3, -0.25) is 0 Å². The highest BCUT2D eigenvalue weighted by Gasteiger charge is 2.21. The van der Waals surface area contributed by atoms with Crippen molar-refractivity contribution in [3.63, 3.8) is 0 Å². The van der Waals surface area contributed by atoms with Crippen molar-refractivity contribution in [1.29, 1.82) is 0 Å². The SMILES string of the molecule is CNc1cc(COC)nc(C2CCOC2)n1. The molecule has 1 fully saturated rings. The van der Waals surface area contributed by atoms with Crippen molar-refractivity contribution in [3.05, 3.63) is 17.6 Å². The molecule has 5 nitrogen and oxygen atoms in total. The van der Waals surface area contributed by atoms with Gasteiger partial charge in [0.1, 0.15) is 11.6 Å². The standard InChI is InChI=1S/C11H17N3O2/c1-12-10-5-9(7-15-2)13-11(14-10)8-3-4-16-6-8/h5,8H,3-4,6-7H2,1-2H3,(H,12,13,14). The smallest absolute Gasteiger partial charge is 0.136 e. The number of hydrogen-bond donors (Lipinski definition) is 1. The van der Waals surface area contributed by atoms with Gasteiger partial charge < -0.3 is 14.8 Å². The van der Waals surface area contributed by atoms with E-state index in [1.54, 1.807) is 7.11 Å². The highest BCUT2D eigenvalue weighted by Crippen LogP contribution is 2.23. The molecule has 0 amide bonds. The number of nitrogens with zero attached hydrogens (tertiary/aromatic N) is 2. The van der Waals surface area contributed by atoms with E-state index in [2.05, 4.69) is 15.3 Å². The summed E-state index contributed by atoms with van der Waals surface area (Å²) < 4.78 is 10.4. The Morgan fingerprint density at radius 3 is 3.06 bits per heavy atom. The average molecular weight is 223 g/mol. The summed E-state index contributed by atoms with van der Waals surface area (Å²) in [7, 11) is 3.52. The lowest BCUT2D eigenvalue weighted by atomic mass is 10.1. The van der Waals surface area contributed by atoms with E-state index in [-0.39, 0.29) is 0 Å². The lowest BCUT2D eigenvalue weighted by Gasteiger charge is -2.10. The van der Waals surface area contributed by atoms with Crippen LogP contribution in [0.4, 0.5) is 5.82 Å². The molecule has 0 aliphatic carbocycles. The number of methoxy groups -OCH3 is 1. The monoisotopic (exact) mass is 223 g/mol. The highest BCUT2D eigenvalue weighted by molar-refractivity contribution is 5.35. The first kappa shape index (κ1) is 11.3. The second-order valence-electron chi connectivity index (χ2n) is 3.85. The minimum absolute atomic E-state index is 0.323. The summed E-state index contributed by atoms with van der Waals surface area (Å²) >= 11 is 0. The van der Waals surface area contributed by atoms with Gasteiger partial charge >= 0.3 is 0 Å². The van der Waals surface area contributed by atoms with Gasteiger partial charge in [-0.05, 0) is 6.42 Å². The Kier molecular flexibility index (Phi) is 3.69. The Bertz CT molecular complexity index is 351. The molecule has 1 aromatic heterocycles. The molecule has 0 spiro atoms. The largest absolute Gasteiger partial charge is 0.381 e. The minimum Gasteiger partial charge on any atom is -0.381 e. The molecule has 1 aliphatic heterocycles. The van der Waals surface area contributed by atoms with Gasteiger partial charge in [-0.1, -0.05) is 0 Å². The Morgan fingerprint density at radius 2 is 2.44 bits per heavy atom. The lowest BCUT2D eigenvalue weighted by molar-refractivity contribution is 0.180. The fraction of sp³-hybridized carbons (Fsp3) is 0.636. The van der Waals surface area contributed by atoms with Crippen molar-refractivity contribution < 1.29 is 9.47 Å². The molecule has 2 heterocycles. The molecule has 16 heavy (non-hydrogen) atoms. The lowest BCUT2D eigenvalue weighted by Crippen LogP contribution is -2.09. The molecule has 0 radical (unpaired) electrons. The fourth-order valence-electron chi connectivity index (χ4n) is 1.79. The number of aromatic nitrogens is 2. The first-order valence-corrected chi connectivity index (χ1v) is 5.45. The van der Waals surface area contributed by atoms with Crippen LogP contribution in [0.3, 0.4) is 0 Å². The van der Waals surface area contributed by atoms with Gasteiger partial charge in [-0.2, -0.15) is 0 Å². The van der Waals surface area contributed by atoms with Gasteiger partial charge in [0.15, 0.2) is 0 Å². The van der Waals surface area contributed by atoms with E-state index in [0.29, 0.717) is 12.5 Å². The summed E-state index contributed by atoms with van der Waals surface area (Å²) in [6.07, 6.45) is 1.000. The van der Waals surface area contributed by atoms with Crippen LogP contribution in [0.1, 0.15) is 23.9 Å². The molecule has 1 aliphatic rings. The van der Waals surface area contributed by atoms with Crippen LogP contribution in [0.5, 0.6) is 0 Å². The van der Waals surface area contributed by atoms with Crippen LogP contribution in [-0.2, 0) is 16.1 Å². The molecule has 1 N–H and O–H groups in total. The second kappa shape index (κ2) is 5.23. The van der Waals surface area contributed by atoms with E-state index in [9.17, 15) is 0 Å². The Hall–Kier alpha value is -1.20. The topological polar surface area (TPSA) is 56.3 Å². The molecule has 1 atom stereocenters. The first-order valence-electron chi connectivity index (χ1n) is 5.45. The van der Waals surface area contributed by atoms with Crippen LogP contribution in [0.15, 0.2) is 6.07 Å². The maximum absolute atomic E-state index is 5.35. The highest BCUT2D eigenvalue weighted by atomic mass is 16.5. The number of rotatable bonds is 4. The van der Waals surface area contributed by atoms with Crippen LogP contribution in [0.25, 0.3) is 0 Å². The van der Waals surface area contributed by atoms with Gasteiger partial charge in [0.2, 0.25) is 0 Å². The summed E-state index contributed by atoms with van der Waals surface area (Å²) in [5.74, 6) is 2.02. The summed E-state index contributed by atoms with van der Waals surface area (Å²) in [5, 5.41) is 3.04. The molecule has 0 bridgehead atoms. The van der Waals surface area contributed by atoms with Crippen LogP contribution < -0.4 is 5.32 Å². The van der Waals surface area contributed by atoms with Gasteiger partial charge in [0.05, 0.1) is 18.9 Å². The van der Waals surface area contributed by atoms with E-state index < -0.39 is 0 Å². The van der Waals surface area contributed by atoms with Crippen LogP contribution in [0.2, 0.25) is 0 Å². The van der Waals surface area contributed by atoms with Crippen molar-refractivity contribution in [2.45, 2.75) is 18.9 Å². The number of anilines is 1. The predicted octanol–water partition coefficient (Wildman–Crippen LogP) is 1.17. The molecular weight excluding hydrogens is 206 g/mol. The van der Waals surface area contributed by atoms with Crippen LogP contribution in [-0.4, -0.2) is 37.3 Å². The summed E-state index contributed by atoms with van der Waals surface area (Å²) in [6, 6.07) is 1.91. The average Bonchev–Trinajstić information content (AvgIpc) is 2.82. The van der Waals surface area contributed by atoms with Crippen LogP contribution >= 0.6 is 0 Å². The molecule has 1 saturated heterocycles. The van der Waals surface area contributed by atoms with E-state index in [1.807, 2.05) is 13.1 Å². The third-order valence-electron chi connectivity index (χ3n) is 2.64. The van der Waals surface area contributed by atoms with Gasteiger partial charge in [-0.25, -0.2) is 9.97 Å². The molecule has 5 heteroatoms. The van der Waals surface area contributed by atoms with Gasteiger partial charge in [0.25, 0.3) is 0 Å². The Morgan fingerprint density at radius 1 is 1.56 bits per heavy atom. The molecule has 0 saturated carbocycles.